The van der Waals surface area contributed by atoms with Gasteiger partial charge in [-0.25, -0.2) is 9.37 Å². The average Bonchev–Trinajstić information content (AvgIpc) is 2.80. The molecular formula is C13H14FNOS. The van der Waals surface area contributed by atoms with Gasteiger partial charge in [-0.3, -0.25) is 0 Å². The van der Waals surface area contributed by atoms with Gasteiger partial charge in [0.05, 0.1) is 11.2 Å². The summed E-state index contributed by atoms with van der Waals surface area (Å²) in [7, 11) is 0. The molecule has 0 saturated heterocycles. The maximum absolute atomic E-state index is 13.5. The number of rotatable bonds is 4. The Bertz CT molecular complexity index is 482. The Morgan fingerprint density at radius 2 is 2.24 bits per heavy atom. The van der Waals surface area contributed by atoms with E-state index >= 15 is 0 Å². The van der Waals surface area contributed by atoms with Crippen LogP contribution in [0.5, 0.6) is 5.75 Å². The Morgan fingerprint density at radius 1 is 1.41 bits per heavy atom. The van der Waals surface area contributed by atoms with Crippen molar-refractivity contribution in [1.29, 1.82) is 0 Å². The van der Waals surface area contributed by atoms with Gasteiger partial charge in [-0.1, -0.05) is 13.8 Å². The molecule has 0 amide bonds. The fourth-order valence-corrected chi connectivity index (χ4v) is 2.06. The van der Waals surface area contributed by atoms with Gasteiger partial charge in [0.2, 0.25) is 0 Å². The third-order valence-electron chi connectivity index (χ3n) is 2.46. The van der Waals surface area contributed by atoms with Crippen molar-refractivity contribution in [2.75, 3.05) is 0 Å². The molecule has 4 heteroatoms. The van der Waals surface area contributed by atoms with Gasteiger partial charge >= 0.3 is 0 Å². The van der Waals surface area contributed by atoms with Crippen molar-refractivity contribution in [2.45, 2.75) is 26.4 Å². The van der Waals surface area contributed by atoms with E-state index in [0.717, 1.165) is 5.69 Å². The molecule has 0 aliphatic carbocycles. The maximum Gasteiger partial charge on any atom is 0.131 e. The first kappa shape index (κ1) is 12.0. The Morgan fingerprint density at radius 3 is 2.88 bits per heavy atom. The van der Waals surface area contributed by atoms with E-state index in [1.807, 2.05) is 19.2 Å². The van der Waals surface area contributed by atoms with Crippen LogP contribution < -0.4 is 4.74 Å². The molecule has 0 radical (unpaired) electrons. The highest BCUT2D eigenvalue weighted by atomic mass is 32.1. The van der Waals surface area contributed by atoms with Crippen molar-refractivity contribution in [3.8, 4) is 5.75 Å². The van der Waals surface area contributed by atoms with Crippen LogP contribution in [-0.4, -0.2) is 4.98 Å². The molecule has 2 nitrogen and oxygen atoms in total. The Balaban J connectivity index is 2.09. The normalized spacial score (nSPS) is 10.8. The van der Waals surface area contributed by atoms with E-state index in [1.165, 1.54) is 17.4 Å². The van der Waals surface area contributed by atoms with Crippen LogP contribution in [0.2, 0.25) is 0 Å². The van der Waals surface area contributed by atoms with Gasteiger partial charge < -0.3 is 4.74 Å². The predicted molar refractivity (Wildman–Crippen MR) is 66.9 cm³/mol. The molecule has 0 aliphatic heterocycles. The largest absolute Gasteiger partial charge is 0.487 e. The van der Waals surface area contributed by atoms with E-state index in [9.17, 15) is 4.39 Å². The number of hydrogen-bond donors (Lipinski definition) is 0. The van der Waals surface area contributed by atoms with Crippen molar-refractivity contribution in [1.82, 2.24) is 4.98 Å². The summed E-state index contributed by atoms with van der Waals surface area (Å²) in [6, 6.07) is 4.85. The van der Waals surface area contributed by atoms with Crippen LogP contribution in [0, 0.1) is 5.82 Å². The molecule has 1 aromatic carbocycles. The van der Waals surface area contributed by atoms with Crippen molar-refractivity contribution >= 4 is 11.3 Å². The number of hydrogen-bond acceptors (Lipinski definition) is 3. The average molecular weight is 251 g/mol. The summed E-state index contributed by atoms with van der Waals surface area (Å²) in [4.78, 5) is 4.13. The highest BCUT2D eigenvalue weighted by Gasteiger charge is 2.08. The van der Waals surface area contributed by atoms with E-state index in [1.54, 1.807) is 17.6 Å². The molecule has 0 bridgehead atoms. The van der Waals surface area contributed by atoms with E-state index in [4.69, 9.17) is 4.74 Å². The van der Waals surface area contributed by atoms with Crippen molar-refractivity contribution in [3.05, 3.63) is 46.2 Å². The molecule has 0 atom stereocenters. The lowest BCUT2D eigenvalue weighted by Crippen LogP contribution is -1.98. The Labute approximate surface area is 104 Å². The summed E-state index contributed by atoms with van der Waals surface area (Å²) in [5.41, 5.74) is 3.34. The van der Waals surface area contributed by atoms with E-state index < -0.39 is 0 Å². The summed E-state index contributed by atoms with van der Waals surface area (Å²) in [6.07, 6.45) is 0. The van der Waals surface area contributed by atoms with E-state index in [-0.39, 0.29) is 11.7 Å². The third-order valence-corrected chi connectivity index (χ3v) is 3.09. The molecule has 0 N–H and O–H groups in total. The van der Waals surface area contributed by atoms with Crippen LogP contribution in [0.25, 0.3) is 0 Å². The number of thiazole rings is 1. The van der Waals surface area contributed by atoms with Crippen LogP contribution in [0.15, 0.2) is 29.1 Å². The number of aromatic nitrogens is 1. The van der Waals surface area contributed by atoms with Gasteiger partial charge in [0.1, 0.15) is 18.2 Å². The van der Waals surface area contributed by atoms with Gasteiger partial charge in [0.25, 0.3) is 0 Å². The fraction of sp³-hybridized carbons (Fsp3) is 0.308. The van der Waals surface area contributed by atoms with Gasteiger partial charge in [-0.15, -0.1) is 11.3 Å². The Kier molecular flexibility index (Phi) is 3.74. The predicted octanol–water partition coefficient (Wildman–Crippen LogP) is 3.98. The van der Waals surface area contributed by atoms with E-state index in [0.29, 0.717) is 17.9 Å². The van der Waals surface area contributed by atoms with Crippen LogP contribution in [-0.2, 0) is 6.61 Å². The second kappa shape index (κ2) is 5.27. The van der Waals surface area contributed by atoms with Gasteiger partial charge in [-0.05, 0) is 29.7 Å². The zero-order valence-corrected chi connectivity index (χ0v) is 10.6. The van der Waals surface area contributed by atoms with Crippen LogP contribution in [0.1, 0.15) is 31.0 Å². The number of ether oxygens (including phenoxy) is 1. The smallest absolute Gasteiger partial charge is 0.131 e. The third kappa shape index (κ3) is 3.03. The van der Waals surface area contributed by atoms with E-state index in [2.05, 4.69) is 4.98 Å². The van der Waals surface area contributed by atoms with Crippen LogP contribution in [0.3, 0.4) is 0 Å². The van der Waals surface area contributed by atoms with Crippen molar-refractivity contribution in [3.63, 3.8) is 0 Å². The highest BCUT2D eigenvalue weighted by Crippen LogP contribution is 2.24. The second-order valence-corrected chi connectivity index (χ2v) is 4.83. The zero-order chi connectivity index (χ0) is 12.3. The van der Waals surface area contributed by atoms with Gasteiger partial charge in [0, 0.05) is 5.38 Å². The monoisotopic (exact) mass is 251 g/mol. The molecule has 0 unspecified atom stereocenters. The quantitative estimate of drug-likeness (QED) is 0.819. The molecule has 0 fully saturated rings. The molecule has 17 heavy (non-hydrogen) atoms. The number of nitrogens with zero attached hydrogens (tertiary/aromatic N) is 1. The zero-order valence-electron chi connectivity index (χ0n) is 9.81. The van der Waals surface area contributed by atoms with Gasteiger partial charge in [-0.2, -0.15) is 0 Å². The summed E-state index contributed by atoms with van der Waals surface area (Å²) in [5.74, 6) is 0.655. The first-order valence-corrected chi connectivity index (χ1v) is 6.40. The topological polar surface area (TPSA) is 22.1 Å². The minimum Gasteiger partial charge on any atom is -0.487 e. The van der Waals surface area contributed by atoms with Crippen LogP contribution >= 0.6 is 11.3 Å². The van der Waals surface area contributed by atoms with Crippen molar-refractivity contribution < 1.29 is 9.13 Å². The molecule has 0 saturated carbocycles. The second-order valence-electron chi connectivity index (χ2n) is 4.11. The van der Waals surface area contributed by atoms with Crippen LogP contribution in [0.4, 0.5) is 4.39 Å². The van der Waals surface area contributed by atoms with Crippen molar-refractivity contribution in [2.24, 2.45) is 0 Å². The molecule has 0 spiro atoms. The molecule has 1 aromatic heterocycles. The summed E-state index contributed by atoms with van der Waals surface area (Å²) in [5, 5.41) is 1.94. The highest BCUT2D eigenvalue weighted by molar-refractivity contribution is 7.07. The minimum atomic E-state index is -0.180. The molecule has 2 aromatic rings. The molecule has 0 aliphatic rings. The molecule has 90 valence electrons. The first-order chi connectivity index (χ1) is 8.16. The molecular weight excluding hydrogens is 237 g/mol. The first-order valence-electron chi connectivity index (χ1n) is 5.46. The number of halogens is 1. The lowest BCUT2D eigenvalue weighted by molar-refractivity contribution is 0.301. The molecule has 2 rings (SSSR count). The molecule has 1 heterocycles. The summed E-state index contributed by atoms with van der Waals surface area (Å²) in [6.45, 7) is 4.35. The minimum absolute atomic E-state index is 0.151. The van der Waals surface area contributed by atoms with Gasteiger partial charge in [0.15, 0.2) is 0 Å². The lowest BCUT2D eigenvalue weighted by Gasteiger charge is -2.10. The SMILES string of the molecule is CC(C)c1cc(OCc2cscn2)ccc1F. The summed E-state index contributed by atoms with van der Waals surface area (Å²) < 4.78 is 19.0. The lowest BCUT2D eigenvalue weighted by atomic mass is 10.0. The summed E-state index contributed by atoms with van der Waals surface area (Å²) >= 11 is 1.53. The standard InChI is InChI=1S/C13H14FNOS/c1-9(2)12-5-11(3-4-13(12)14)16-6-10-7-17-8-15-10/h3-5,7-9H,6H2,1-2H3. The number of benzene rings is 1. The maximum atomic E-state index is 13.5. The Hall–Kier alpha value is -1.42. The fourth-order valence-electron chi connectivity index (χ4n) is 1.52.